The van der Waals surface area contributed by atoms with Crippen molar-refractivity contribution in [1.82, 2.24) is 15.1 Å². The number of piperidine rings is 1. The molecule has 0 amide bonds. The maximum atomic E-state index is 4.64. The Morgan fingerprint density at radius 3 is 2.83 bits per heavy atom. The molecule has 0 aliphatic carbocycles. The van der Waals surface area contributed by atoms with Crippen molar-refractivity contribution in [1.29, 1.82) is 0 Å². The van der Waals surface area contributed by atoms with Crippen molar-refractivity contribution in [2.24, 2.45) is 5.92 Å². The Bertz CT molecular complexity index is 350. The summed E-state index contributed by atoms with van der Waals surface area (Å²) < 4.78 is 2.06. The van der Waals surface area contributed by atoms with Crippen molar-refractivity contribution in [3.05, 3.63) is 18.0 Å². The van der Waals surface area contributed by atoms with Crippen molar-refractivity contribution in [3.8, 4) is 0 Å². The number of nitrogens with one attached hydrogen (secondary N) is 1. The summed E-state index contributed by atoms with van der Waals surface area (Å²) in [5.41, 5.74) is 1.24. The lowest BCUT2D eigenvalue weighted by Crippen LogP contribution is -2.35. The van der Waals surface area contributed by atoms with Crippen LogP contribution < -0.4 is 5.32 Å². The van der Waals surface area contributed by atoms with E-state index in [1.807, 2.05) is 0 Å². The fourth-order valence-electron chi connectivity index (χ4n) is 2.83. The van der Waals surface area contributed by atoms with Gasteiger partial charge in [-0.3, -0.25) is 4.68 Å². The molecule has 2 unspecified atom stereocenters. The second-order valence-corrected chi connectivity index (χ2v) is 6.07. The molecule has 1 N–H and O–H groups in total. The molecule has 1 aliphatic rings. The second-order valence-electron chi connectivity index (χ2n) is 6.07. The predicted molar refractivity (Wildman–Crippen MR) is 75.7 cm³/mol. The molecule has 1 fully saturated rings. The van der Waals surface area contributed by atoms with Gasteiger partial charge < -0.3 is 5.32 Å². The molecule has 1 aliphatic heterocycles. The molecule has 1 saturated heterocycles. The average Bonchev–Trinajstić information content (AvgIpc) is 2.78. The second kappa shape index (κ2) is 6.37. The first-order valence-electron chi connectivity index (χ1n) is 7.42. The fourth-order valence-corrected chi connectivity index (χ4v) is 2.83. The Hall–Kier alpha value is -0.830. The highest BCUT2D eigenvalue weighted by Crippen LogP contribution is 2.18. The molecule has 18 heavy (non-hydrogen) atoms. The molecule has 0 radical (unpaired) electrons. The summed E-state index contributed by atoms with van der Waals surface area (Å²) in [7, 11) is 0. The first-order chi connectivity index (χ1) is 8.65. The molecule has 1 aromatic heterocycles. The average molecular weight is 249 g/mol. The summed E-state index contributed by atoms with van der Waals surface area (Å²) in [6, 6.07) is 3.38. The Morgan fingerprint density at radius 2 is 2.22 bits per heavy atom. The van der Waals surface area contributed by atoms with Crippen LogP contribution in [0.15, 0.2) is 12.3 Å². The van der Waals surface area contributed by atoms with Gasteiger partial charge in [0.2, 0.25) is 0 Å². The Kier molecular flexibility index (Phi) is 4.81. The van der Waals surface area contributed by atoms with Gasteiger partial charge in [-0.15, -0.1) is 0 Å². The number of hydrogen-bond acceptors (Lipinski definition) is 2. The first kappa shape index (κ1) is 13.6. The number of nitrogens with zero attached hydrogens (tertiary/aromatic N) is 2. The third-order valence-electron chi connectivity index (χ3n) is 3.85. The molecular weight excluding hydrogens is 222 g/mol. The topological polar surface area (TPSA) is 29.9 Å². The van der Waals surface area contributed by atoms with Crippen molar-refractivity contribution >= 4 is 0 Å². The Labute approximate surface area is 111 Å². The predicted octanol–water partition coefficient (Wildman–Crippen LogP) is 3.17. The van der Waals surface area contributed by atoms with E-state index in [2.05, 4.69) is 48.1 Å². The van der Waals surface area contributed by atoms with E-state index in [-0.39, 0.29) is 0 Å². The van der Waals surface area contributed by atoms with Crippen molar-refractivity contribution in [3.63, 3.8) is 0 Å². The third-order valence-corrected chi connectivity index (χ3v) is 3.85. The third kappa shape index (κ3) is 3.84. The number of aromatic nitrogens is 2. The molecule has 0 aromatic carbocycles. The van der Waals surface area contributed by atoms with Crippen LogP contribution in [-0.2, 0) is 6.42 Å². The highest BCUT2D eigenvalue weighted by Gasteiger charge is 2.16. The molecule has 1 aromatic rings. The van der Waals surface area contributed by atoms with E-state index in [1.165, 1.54) is 37.9 Å². The summed E-state index contributed by atoms with van der Waals surface area (Å²) in [6.07, 6.45) is 8.60. The van der Waals surface area contributed by atoms with Gasteiger partial charge in [0.25, 0.3) is 0 Å². The minimum absolute atomic E-state index is 0.467. The van der Waals surface area contributed by atoms with Crippen LogP contribution in [0.1, 0.15) is 58.2 Å². The van der Waals surface area contributed by atoms with Crippen LogP contribution in [0.4, 0.5) is 0 Å². The molecule has 3 heteroatoms. The molecule has 2 heterocycles. The van der Waals surface area contributed by atoms with Gasteiger partial charge in [0.1, 0.15) is 0 Å². The number of rotatable bonds is 5. The van der Waals surface area contributed by atoms with Crippen LogP contribution in [0.25, 0.3) is 0 Å². The molecule has 0 bridgehead atoms. The van der Waals surface area contributed by atoms with Gasteiger partial charge in [-0.25, -0.2) is 0 Å². The van der Waals surface area contributed by atoms with Crippen LogP contribution in [0.2, 0.25) is 0 Å². The van der Waals surface area contributed by atoms with E-state index in [4.69, 9.17) is 0 Å². The molecule has 0 saturated carbocycles. The SMILES string of the molecule is CC(Cc1ccn(C(C)C)n1)CC1CCCCN1. The summed E-state index contributed by atoms with van der Waals surface area (Å²) in [4.78, 5) is 0. The molecule has 2 rings (SSSR count). The minimum Gasteiger partial charge on any atom is -0.314 e. The Morgan fingerprint density at radius 1 is 1.39 bits per heavy atom. The standard InChI is InChI=1S/C15H27N3/c1-12(2)18-9-7-15(17-18)11-13(3)10-14-6-4-5-8-16-14/h7,9,12-14,16H,4-6,8,10-11H2,1-3H3. The van der Waals surface area contributed by atoms with E-state index in [0.29, 0.717) is 6.04 Å². The molecule has 3 nitrogen and oxygen atoms in total. The van der Waals surface area contributed by atoms with E-state index in [9.17, 15) is 0 Å². The molecular formula is C15H27N3. The quantitative estimate of drug-likeness (QED) is 0.868. The van der Waals surface area contributed by atoms with E-state index in [1.54, 1.807) is 0 Å². The normalized spacial score (nSPS) is 22.3. The highest BCUT2D eigenvalue weighted by atomic mass is 15.3. The number of hydrogen-bond donors (Lipinski definition) is 1. The van der Waals surface area contributed by atoms with Crippen LogP contribution in [0.5, 0.6) is 0 Å². The van der Waals surface area contributed by atoms with Gasteiger partial charge in [0.05, 0.1) is 5.69 Å². The minimum atomic E-state index is 0.467. The summed E-state index contributed by atoms with van der Waals surface area (Å²) >= 11 is 0. The van der Waals surface area contributed by atoms with Crippen LogP contribution in [0, 0.1) is 5.92 Å². The lowest BCUT2D eigenvalue weighted by molar-refractivity contribution is 0.335. The zero-order valence-corrected chi connectivity index (χ0v) is 12.0. The fraction of sp³-hybridized carbons (Fsp3) is 0.800. The largest absolute Gasteiger partial charge is 0.314 e. The van der Waals surface area contributed by atoms with E-state index in [0.717, 1.165) is 18.4 Å². The van der Waals surface area contributed by atoms with E-state index < -0.39 is 0 Å². The lowest BCUT2D eigenvalue weighted by atomic mass is 9.92. The Balaban J connectivity index is 1.80. The molecule has 102 valence electrons. The van der Waals surface area contributed by atoms with E-state index >= 15 is 0 Å². The van der Waals surface area contributed by atoms with Gasteiger partial charge in [-0.05, 0) is 58.1 Å². The summed E-state index contributed by atoms with van der Waals surface area (Å²) in [5, 5.41) is 8.27. The van der Waals surface area contributed by atoms with Crippen molar-refractivity contribution < 1.29 is 0 Å². The summed E-state index contributed by atoms with van der Waals surface area (Å²) in [6.45, 7) is 7.91. The van der Waals surface area contributed by atoms with Crippen molar-refractivity contribution in [2.75, 3.05) is 6.54 Å². The monoisotopic (exact) mass is 249 g/mol. The van der Waals surface area contributed by atoms with Gasteiger partial charge in [-0.2, -0.15) is 5.10 Å². The van der Waals surface area contributed by atoms with Crippen molar-refractivity contribution in [2.45, 2.75) is 65.0 Å². The zero-order valence-electron chi connectivity index (χ0n) is 12.0. The highest BCUT2D eigenvalue weighted by molar-refractivity contribution is 5.00. The zero-order chi connectivity index (χ0) is 13.0. The van der Waals surface area contributed by atoms with Gasteiger partial charge in [-0.1, -0.05) is 13.3 Å². The lowest BCUT2D eigenvalue weighted by Gasteiger charge is -2.25. The van der Waals surface area contributed by atoms with Crippen LogP contribution in [0.3, 0.4) is 0 Å². The molecule has 0 spiro atoms. The van der Waals surface area contributed by atoms with Gasteiger partial charge in [0, 0.05) is 18.3 Å². The van der Waals surface area contributed by atoms with Crippen LogP contribution in [-0.4, -0.2) is 22.4 Å². The van der Waals surface area contributed by atoms with Crippen LogP contribution >= 0.6 is 0 Å². The smallest absolute Gasteiger partial charge is 0.0627 e. The maximum Gasteiger partial charge on any atom is 0.0627 e. The van der Waals surface area contributed by atoms with Gasteiger partial charge in [0.15, 0.2) is 0 Å². The molecule has 2 atom stereocenters. The maximum absolute atomic E-state index is 4.64. The first-order valence-corrected chi connectivity index (χ1v) is 7.42. The summed E-state index contributed by atoms with van der Waals surface area (Å²) in [5.74, 6) is 0.719. The van der Waals surface area contributed by atoms with Gasteiger partial charge >= 0.3 is 0 Å².